The van der Waals surface area contributed by atoms with Crippen LogP contribution in [0.2, 0.25) is 0 Å². The summed E-state index contributed by atoms with van der Waals surface area (Å²) in [6.07, 6.45) is 2.44. The van der Waals surface area contributed by atoms with Crippen molar-refractivity contribution in [2.45, 2.75) is 19.5 Å². The van der Waals surface area contributed by atoms with E-state index in [0.29, 0.717) is 19.5 Å². The third-order valence-electron chi connectivity index (χ3n) is 4.94. The Balaban J connectivity index is 1.24. The maximum absolute atomic E-state index is 13.2. The van der Waals surface area contributed by atoms with Crippen LogP contribution in [0.4, 0.5) is 9.18 Å². The number of urea groups is 1. The minimum Gasteiger partial charge on any atom is -0.338 e. The molecule has 0 radical (unpaired) electrons. The monoisotopic (exact) mass is 402 g/mol. The average Bonchev–Trinajstić information content (AvgIpc) is 3.16. The summed E-state index contributed by atoms with van der Waals surface area (Å²) in [6, 6.07) is 22.4. The number of fused-ring (bicyclic) bond motifs is 1. The molecule has 1 aromatic heterocycles. The maximum atomic E-state index is 13.2. The van der Waals surface area contributed by atoms with Crippen LogP contribution >= 0.6 is 0 Å². The van der Waals surface area contributed by atoms with Gasteiger partial charge >= 0.3 is 6.03 Å². The van der Waals surface area contributed by atoms with E-state index >= 15 is 0 Å². The number of amides is 2. The minimum atomic E-state index is -0.262. The first kappa shape index (κ1) is 19.6. The van der Waals surface area contributed by atoms with E-state index in [1.54, 1.807) is 6.07 Å². The van der Waals surface area contributed by atoms with Crippen molar-refractivity contribution in [2.75, 3.05) is 6.54 Å². The second-order valence-corrected chi connectivity index (χ2v) is 7.17. The standard InChI is InChI=1S/C24H23FN4O/c25-21-5-3-4-18(14-21)12-13-26-24(30)27-15-19-8-10-20(11-9-19)16-29-17-28-22-6-1-2-7-23(22)29/h1-11,14,17H,12-13,15-16H2,(H2,26,27,30). The van der Waals surface area contributed by atoms with E-state index in [2.05, 4.69) is 38.4 Å². The summed E-state index contributed by atoms with van der Waals surface area (Å²) in [6.45, 7) is 1.64. The normalized spacial score (nSPS) is 10.8. The van der Waals surface area contributed by atoms with Gasteiger partial charge in [-0.05, 0) is 47.4 Å². The molecule has 4 aromatic rings. The number of aromatic nitrogens is 2. The van der Waals surface area contributed by atoms with Crippen molar-refractivity contribution >= 4 is 17.1 Å². The Kier molecular flexibility index (Phi) is 6.03. The molecule has 5 nitrogen and oxygen atoms in total. The minimum absolute atomic E-state index is 0.236. The predicted octanol–water partition coefficient (Wildman–Crippen LogP) is 4.27. The molecule has 1 heterocycles. The zero-order valence-electron chi connectivity index (χ0n) is 16.5. The summed E-state index contributed by atoms with van der Waals surface area (Å²) in [5.41, 5.74) is 5.15. The number of para-hydroxylation sites is 2. The Morgan fingerprint density at radius 1 is 0.900 bits per heavy atom. The van der Waals surface area contributed by atoms with Crippen LogP contribution in [-0.4, -0.2) is 22.1 Å². The Morgan fingerprint density at radius 3 is 2.53 bits per heavy atom. The van der Waals surface area contributed by atoms with Crippen LogP contribution in [0.3, 0.4) is 0 Å². The van der Waals surface area contributed by atoms with Crippen LogP contribution in [0.5, 0.6) is 0 Å². The number of hydrogen-bond acceptors (Lipinski definition) is 2. The number of carbonyl (C=O) groups is 1. The lowest BCUT2D eigenvalue weighted by Gasteiger charge is -2.09. The van der Waals surface area contributed by atoms with Crippen molar-refractivity contribution in [1.29, 1.82) is 0 Å². The highest BCUT2D eigenvalue weighted by Gasteiger charge is 2.04. The van der Waals surface area contributed by atoms with E-state index in [1.165, 1.54) is 17.7 Å². The molecule has 0 fully saturated rings. The van der Waals surface area contributed by atoms with Gasteiger partial charge in [-0.1, -0.05) is 48.5 Å². The van der Waals surface area contributed by atoms with Gasteiger partial charge in [-0.25, -0.2) is 14.2 Å². The van der Waals surface area contributed by atoms with Gasteiger partial charge in [0.1, 0.15) is 5.82 Å². The van der Waals surface area contributed by atoms with Crippen LogP contribution in [0.1, 0.15) is 16.7 Å². The lowest BCUT2D eigenvalue weighted by Crippen LogP contribution is -2.36. The number of hydrogen-bond donors (Lipinski definition) is 2. The first-order valence-electron chi connectivity index (χ1n) is 9.91. The van der Waals surface area contributed by atoms with E-state index < -0.39 is 0 Å². The molecular formula is C24H23FN4O. The lowest BCUT2D eigenvalue weighted by molar-refractivity contribution is 0.240. The van der Waals surface area contributed by atoms with Crippen molar-refractivity contribution in [2.24, 2.45) is 0 Å². The number of imidazole rings is 1. The molecule has 30 heavy (non-hydrogen) atoms. The average molecular weight is 402 g/mol. The zero-order chi connectivity index (χ0) is 20.8. The molecule has 6 heteroatoms. The predicted molar refractivity (Wildman–Crippen MR) is 116 cm³/mol. The number of benzene rings is 3. The number of rotatable bonds is 7. The second kappa shape index (κ2) is 9.22. The number of nitrogens with one attached hydrogen (secondary N) is 2. The molecule has 2 N–H and O–H groups in total. The molecule has 0 aliphatic rings. The first-order chi connectivity index (χ1) is 14.7. The molecule has 0 aliphatic heterocycles. The van der Waals surface area contributed by atoms with Gasteiger partial charge in [0.2, 0.25) is 0 Å². The van der Waals surface area contributed by atoms with Gasteiger partial charge in [-0.3, -0.25) is 0 Å². The smallest absolute Gasteiger partial charge is 0.315 e. The SMILES string of the molecule is O=C(NCCc1cccc(F)c1)NCc1ccc(Cn2cnc3ccccc32)cc1. The molecule has 0 unspecified atom stereocenters. The van der Waals surface area contributed by atoms with E-state index in [0.717, 1.165) is 28.7 Å². The van der Waals surface area contributed by atoms with Gasteiger partial charge in [0.05, 0.1) is 17.4 Å². The molecule has 2 amide bonds. The fourth-order valence-electron chi connectivity index (χ4n) is 3.35. The summed E-state index contributed by atoms with van der Waals surface area (Å²) in [7, 11) is 0. The summed E-state index contributed by atoms with van der Waals surface area (Å²) in [5.74, 6) is -0.262. The Labute approximate surface area is 174 Å². The van der Waals surface area contributed by atoms with E-state index in [4.69, 9.17) is 0 Å². The van der Waals surface area contributed by atoms with E-state index in [1.807, 2.05) is 42.7 Å². The molecule has 0 bridgehead atoms. The number of halogens is 1. The third kappa shape index (κ3) is 5.03. The molecular weight excluding hydrogens is 379 g/mol. The molecule has 0 aliphatic carbocycles. The maximum Gasteiger partial charge on any atom is 0.315 e. The molecule has 152 valence electrons. The van der Waals surface area contributed by atoms with Gasteiger partial charge < -0.3 is 15.2 Å². The highest BCUT2D eigenvalue weighted by atomic mass is 19.1. The summed E-state index contributed by atoms with van der Waals surface area (Å²) in [5, 5.41) is 5.64. The van der Waals surface area contributed by atoms with Gasteiger partial charge in [0.15, 0.2) is 0 Å². The molecule has 3 aromatic carbocycles. The zero-order valence-corrected chi connectivity index (χ0v) is 16.5. The summed E-state index contributed by atoms with van der Waals surface area (Å²) in [4.78, 5) is 16.4. The quantitative estimate of drug-likeness (QED) is 0.485. The Morgan fingerprint density at radius 2 is 1.70 bits per heavy atom. The van der Waals surface area contributed by atoms with E-state index in [-0.39, 0.29) is 11.8 Å². The Bertz CT molecular complexity index is 1140. The van der Waals surface area contributed by atoms with Crippen LogP contribution < -0.4 is 10.6 Å². The van der Waals surface area contributed by atoms with E-state index in [9.17, 15) is 9.18 Å². The molecule has 0 atom stereocenters. The summed E-state index contributed by atoms with van der Waals surface area (Å²) < 4.78 is 15.3. The molecule has 0 spiro atoms. The fraction of sp³-hybridized carbons (Fsp3) is 0.167. The van der Waals surface area contributed by atoms with Crippen LogP contribution in [0, 0.1) is 5.82 Å². The van der Waals surface area contributed by atoms with Crippen LogP contribution in [0.15, 0.2) is 79.1 Å². The van der Waals surface area contributed by atoms with Crippen molar-refractivity contribution < 1.29 is 9.18 Å². The number of nitrogens with zero attached hydrogens (tertiary/aromatic N) is 2. The second-order valence-electron chi connectivity index (χ2n) is 7.17. The summed E-state index contributed by atoms with van der Waals surface area (Å²) >= 11 is 0. The van der Waals surface area contributed by atoms with Crippen LogP contribution in [-0.2, 0) is 19.5 Å². The van der Waals surface area contributed by atoms with Gasteiger partial charge in [-0.15, -0.1) is 0 Å². The lowest BCUT2D eigenvalue weighted by atomic mass is 10.1. The third-order valence-corrected chi connectivity index (χ3v) is 4.94. The van der Waals surface area contributed by atoms with Crippen molar-refractivity contribution in [1.82, 2.24) is 20.2 Å². The van der Waals surface area contributed by atoms with Crippen LogP contribution in [0.25, 0.3) is 11.0 Å². The van der Waals surface area contributed by atoms with Gasteiger partial charge in [-0.2, -0.15) is 0 Å². The molecule has 0 saturated heterocycles. The Hall–Kier alpha value is -3.67. The molecule has 4 rings (SSSR count). The topological polar surface area (TPSA) is 59.0 Å². The van der Waals surface area contributed by atoms with Crippen molar-refractivity contribution in [3.8, 4) is 0 Å². The highest BCUT2D eigenvalue weighted by molar-refractivity contribution is 5.75. The molecule has 0 saturated carbocycles. The van der Waals surface area contributed by atoms with Crippen molar-refractivity contribution in [3.05, 3.63) is 102 Å². The first-order valence-corrected chi connectivity index (χ1v) is 9.91. The highest BCUT2D eigenvalue weighted by Crippen LogP contribution is 2.14. The largest absolute Gasteiger partial charge is 0.338 e. The van der Waals surface area contributed by atoms with Crippen molar-refractivity contribution in [3.63, 3.8) is 0 Å². The van der Waals surface area contributed by atoms with Gasteiger partial charge in [0.25, 0.3) is 0 Å². The number of carbonyl (C=O) groups excluding carboxylic acids is 1. The fourth-order valence-corrected chi connectivity index (χ4v) is 3.35. The van der Waals surface area contributed by atoms with Gasteiger partial charge in [0, 0.05) is 19.6 Å².